The Balaban J connectivity index is 1.77. The van der Waals surface area contributed by atoms with Crippen molar-refractivity contribution in [3.05, 3.63) is 77.9 Å². The summed E-state index contributed by atoms with van der Waals surface area (Å²) in [6.07, 6.45) is 2.67. The van der Waals surface area contributed by atoms with E-state index in [1.807, 2.05) is 0 Å². The van der Waals surface area contributed by atoms with Crippen molar-refractivity contribution in [1.29, 1.82) is 0 Å². The first-order valence-electron chi connectivity index (χ1n) is 15.3. The van der Waals surface area contributed by atoms with Crippen LogP contribution in [0.15, 0.2) is 61.1 Å². The Hall–Kier alpha value is -5.97. The molecular formula is C32H41N9O8. The number of aromatic nitrogens is 2. The van der Waals surface area contributed by atoms with Crippen LogP contribution in [0.25, 0.3) is 0 Å². The minimum Gasteiger partial charge on any atom is -0.508 e. The molecule has 49 heavy (non-hydrogen) atoms. The molecule has 3 rings (SSSR count). The number of primary amides is 1. The van der Waals surface area contributed by atoms with Crippen LogP contribution in [-0.4, -0.2) is 92.4 Å². The minimum atomic E-state index is -1.28. The van der Waals surface area contributed by atoms with Crippen LogP contribution in [0.3, 0.4) is 0 Å². The van der Waals surface area contributed by atoms with E-state index in [1.54, 1.807) is 24.3 Å². The molecule has 262 valence electrons. The smallest absolute Gasteiger partial charge is 0.243 e. The third-order valence-electron chi connectivity index (χ3n) is 7.26. The molecule has 0 aliphatic rings. The number of carbonyl (C=O) groups is 6. The number of benzene rings is 2. The molecule has 3 aromatic rings. The Morgan fingerprint density at radius 3 is 1.71 bits per heavy atom. The molecule has 0 saturated heterocycles. The predicted molar refractivity (Wildman–Crippen MR) is 175 cm³/mol. The molecule has 17 nitrogen and oxygen atoms in total. The highest BCUT2D eigenvalue weighted by Crippen LogP contribution is 2.14. The maximum Gasteiger partial charge on any atom is 0.243 e. The van der Waals surface area contributed by atoms with Gasteiger partial charge in [0, 0.05) is 31.2 Å². The van der Waals surface area contributed by atoms with Gasteiger partial charge in [0.25, 0.3) is 0 Å². The Morgan fingerprint density at radius 2 is 1.22 bits per heavy atom. The standard InChI is InChI=1S/C32H41N9O8/c1-17(33)29(46)38-18(2)30(47)36-15-27(44)39-26(13-21-14-35-16-37-21)32(49)41-25(12-20-5-9-23(43)10-6-20)31(48)40-24(28(34)45)11-19-3-7-22(42)8-4-19/h3-10,14,16-18,24-26,42-43H,11-13,15,33H2,1-2H3,(H2,34,45)(H,35,37)(H,36,47)(H,38,46)(H,39,44)(H,40,48)(H,41,49)/t17-,18-,24-,25-,26-/m0/s1. The van der Waals surface area contributed by atoms with Gasteiger partial charge in [-0.2, -0.15) is 0 Å². The van der Waals surface area contributed by atoms with Crippen LogP contribution < -0.4 is 38.1 Å². The Labute approximate surface area is 281 Å². The normalized spacial score (nSPS) is 13.9. The summed E-state index contributed by atoms with van der Waals surface area (Å²) in [5.74, 6) is -4.35. The number of phenolic OH excluding ortho intramolecular Hbond substituents is 2. The van der Waals surface area contributed by atoms with Gasteiger partial charge >= 0.3 is 0 Å². The number of carbonyl (C=O) groups excluding carboxylic acids is 6. The van der Waals surface area contributed by atoms with Gasteiger partial charge in [-0.3, -0.25) is 28.8 Å². The van der Waals surface area contributed by atoms with E-state index < -0.39 is 72.2 Å². The largest absolute Gasteiger partial charge is 0.508 e. The van der Waals surface area contributed by atoms with Crippen LogP contribution in [-0.2, 0) is 48.0 Å². The van der Waals surface area contributed by atoms with Crippen molar-refractivity contribution in [1.82, 2.24) is 36.6 Å². The summed E-state index contributed by atoms with van der Waals surface area (Å²) in [6.45, 7) is 2.32. The summed E-state index contributed by atoms with van der Waals surface area (Å²) in [6, 6.07) is 6.31. The van der Waals surface area contributed by atoms with E-state index in [9.17, 15) is 39.0 Å². The molecule has 5 atom stereocenters. The number of aromatic amines is 1. The second-order valence-electron chi connectivity index (χ2n) is 11.4. The fraction of sp³-hybridized carbons (Fsp3) is 0.344. The van der Waals surface area contributed by atoms with E-state index in [4.69, 9.17) is 11.5 Å². The molecule has 12 N–H and O–H groups in total. The van der Waals surface area contributed by atoms with Crippen molar-refractivity contribution in [3.8, 4) is 11.5 Å². The predicted octanol–water partition coefficient (Wildman–Crippen LogP) is -2.24. The molecule has 0 fully saturated rings. The van der Waals surface area contributed by atoms with Crippen LogP contribution in [0.2, 0.25) is 0 Å². The zero-order chi connectivity index (χ0) is 36.1. The number of imidazole rings is 1. The topological polar surface area (TPSA) is 284 Å². The van der Waals surface area contributed by atoms with E-state index in [-0.39, 0.29) is 30.8 Å². The molecule has 0 bridgehead atoms. The zero-order valence-electron chi connectivity index (χ0n) is 26.9. The number of amides is 6. The molecule has 0 saturated carbocycles. The highest BCUT2D eigenvalue weighted by Gasteiger charge is 2.30. The third-order valence-corrected chi connectivity index (χ3v) is 7.26. The van der Waals surface area contributed by atoms with Crippen molar-refractivity contribution in [3.63, 3.8) is 0 Å². The van der Waals surface area contributed by atoms with Gasteiger partial charge in [-0.15, -0.1) is 0 Å². The number of rotatable bonds is 17. The molecule has 0 unspecified atom stereocenters. The highest BCUT2D eigenvalue weighted by atomic mass is 16.3. The first-order valence-corrected chi connectivity index (χ1v) is 15.3. The number of hydrogen-bond acceptors (Lipinski definition) is 10. The second-order valence-corrected chi connectivity index (χ2v) is 11.4. The first kappa shape index (κ1) is 37.5. The van der Waals surface area contributed by atoms with E-state index in [2.05, 4.69) is 36.6 Å². The fourth-order valence-corrected chi connectivity index (χ4v) is 4.51. The van der Waals surface area contributed by atoms with Crippen molar-refractivity contribution in [2.45, 2.75) is 63.3 Å². The van der Waals surface area contributed by atoms with Gasteiger partial charge in [0.15, 0.2) is 0 Å². The highest BCUT2D eigenvalue weighted by molar-refractivity contribution is 5.95. The maximum atomic E-state index is 13.7. The molecule has 0 radical (unpaired) electrons. The van der Waals surface area contributed by atoms with Gasteiger partial charge in [0.1, 0.15) is 35.7 Å². The number of phenols is 2. The number of nitrogens with one attached hydrogen (secondary N) is 6. The van der Waals surface area contributed by atoms with Gasteiger partial charge in [0.2, 0.25) is 35.4 Å². The average Bonchev–Trinajstić information content (AvgIpc) is 3.57. The van der Waals surface area contributed by atoms with Gasteiger partial charge < -0.3 is 53.2 Å². The van der Waals surface area contributed by atoms with Crippen molar-refractivity contribution >= 4 is 35.4 Å². The Kier molecular flexibility index (Phi) is 13.6. The molecule has 1 heterocycles. The number of aromatic hydroxyl groups is 2. The summed E-state index contributed by atoms with van der Waals surface area (Å²) < 4.78 is 0. The van der Waals surface area contributed by atoms with E-state index in [0.717, 1.165) is 0 Å². The second kappa shape index (κ2) is 17.8. The van der Waals surface area contributed by atoms with E-state index in [0.29, 0.717) is 16.8 Å². The molecular weight excluding hydrogens is 638 g/mol. The SMILES string of the molecule is C[C@H](N)C(=O)N[C@@H](C)C(=O)NCC(=O)N[C@@H](Cc1cnc[nH]1)C(=O)N[C@@H](Cc1ccc(O)cc1)C(=O)N[C@@H](Cc1ccc(O)cc1)C(N)=O. The van der Waals surface area contributed by atoms with Gasteiger partial charge in [0.05, 0.1) is 18.9 Å². The lowest BCUT2D eigenvalue weighted by Crippen LogP contribution is -2.58. The fourth-order valence-electron chi connectivity index (χ4n) is 4.51. The van der Waals surface area contributed by atoms with Crippen molar-refractivity contribution in [2.75, 3.05) is 6.54 Å². The molecule has 6 amide bonds. The Morgan fingerprint density at radius 1 is 0.714 bits per heavy atom. The van der Waals surface area contributed by atoms with Gasteiger partial charge in [-0.25, -0.2) is 4.98 Å². The number of nitrogens with zero attached hydrogens (tertiary/aromatic N) is 1. The summed E-state index contributed by atoms with van der Waals surface area (Å²) in [4.78, 5) is 83.5. The summed E-state index contributed by atoms with van der Waals surface area (Å²) >= 11 is 0. The third kappa shape index (κ3) is 12.3. The summed E-state index contributed by atoms with van der Waals surface area (Å²) in [5.41, 5.74) is 12.7. The lowest BCUT2D eigenvalue weighted by Gasteiger charge is -2.25. The van der Waals surface area contributed by atoms with Crippen LogP contribution in [0.4, 0.5) is 0 Å². The van der Waals surface area contributed by atoms with Crippen LogP contribution in [0, 0.1) is 0 Å². The molecule has 0 aliphatic heterocycles. The van der Waals surface area contributed by atoms with Gasteiger partial charge in [-0.05, 0) is 49.2 Å². The van der Waals surface area contributed by atoms with E-state index >= 15 is 0 Å². The van der Waals surface area contributed by atoms with Crippen LogP contribution in [0.1, 0.15) is 30.7 Å². The number of nitrogens with two attached hydrogens (primary N) is 2. The minimum absolute atomic E-state index is 0.000991. The van der Waals surface area contributed by atoms with Gasteiger partial charge in [-0.1, -0.05) is 24.3 Å². The van der Waals surface area contributed by atoms with Crippen LogP contribution in [0.5, 0.6) is 11.5 Å². The first-order chi connectivity index (χ1) is 23.2. The summed E-state index contributed by atoms with van der Waals surface area (Å²) in [5, 5.41) is 31.8. The maximum absolute atomic E-state index is 13.7. The quantitative estimate of drug-likeness (QED) is 0.0732. The molecule has 2 aromatic carbocycles. The lowest BCUT2D eigenvalue weighted by molar-refractivity contribution is -0.133. The lowest BCUT2D eigenvalue weighted by atomic mass is 10.0. The molecule has 0 aliphatic carbocycles. The molecule has 0 spiro atoms. The molecule has 17 heteroatoms. The zero-order valence-corrected chi connectivity index (χ0v) is 26.9. The van der Waals surface area contributed by atoms with E-state index in [1.165, 1.54) is 50.6 Å². The van der Waals surface area contributed by atoms with Crippen LogP contribution >= 0.6 is 0 Å². The monoisotopic (exact) mass is 679 g/mol. The summed E-state index contributed by atoms with van der Waals surface area (Å²) in [7, 11) is 0. The molecule has 1 aromatic heterocycles. The average molecular weight is 680 g/mol. The number of hydrogen-bond donors (Lipinski definition) is 10. The van der Waals surface area contributed by atoms with Crippen molar-refractivity contribution in [2.24, 2.45) is 11.5 Å². The Bertz CT molecular complexity index is 1600. The van der Waals surface area contributed by atoms with Crippen molar-refractivity contribution < 1.29 is 39.0 Å². The number of H-pyrrole nitrogens is 1.